The van der Waals surface area contributed by atoms with E-state index in [0.29, 0.717) is 11.1 Å². The van der Waals surface area contributed by atoms with E-state index < -0.39 is 5.97 Å². The molecule has 4 aromatic rings. The minimum atomic E-state index is -0.453. The molecule has 0 spiro atoms. The lowest BCUT2D eigenvalue weighted by Crippen LogP contribution is -2.34. The Kier molecular flexibility index (Phi) is 6.26. The van der Waals surface area contributed by atoms with E-state index in [1.807, 2.05) is 72.8 Å². The Hall–Kier alpha value is -3.90. The molecule has 2 aliphatic rings. The SMILES string of the molecule is O=C(COC(=O)CSc1ccc2c3c(cccc13)C(=O)c1ccccc1-2)N[C@@H]1CCCc2ccccc21. The van der Waals surface area contributed by atoms with E-state index in [2.05, 4.69) is 11.4 Å². The summed E-state index contributed by atoms with van der Waals surface area (Å²) in [6, 6.07) is 25.5. The van der Waals surface area contributed by atoms with Gasteiger partial charge in [0.05, 0.1) is 11.8 Å². The van der Waals surface area contributed by atoms with Gasteiger partial charge in [-0.15, -0.1) is 11.8 Å². The molecule has 37 heavy (non-hydrogen) atoms. The fraction of sp³-hybridized carbons (Fsp3) is 0.194. The van der Waals surface area contributed by atoms with E-state index >= 15 is 0 Å². The monoisotopic (exact) mass is 507 g/mol. The number of esters is 1. The average molecular weight is 508 g/mol. The third-order valence-corrected chi connectivity index (χ3v) is 8.17. The number of hydrogen-bond donors (Lipinski definition) is 1. The molecule has 1 atom stereocenters. The molecule has 1 N–H and O–H groups in total. The van der Waals surface area contributed by atoms with Gasteiger partial charge in [-0.25, -0.2) is 0 Å². The summed E-state index contributed by atoms with van der Waals surface area (Å²) < 4.78 is 5.28. The van der Waals surface area contributed by atoms with Crippen LogP contribution in [-0.4, -0.2) is 30.0 Å². The fourth-order valence-electron chi connectivity index (χ4n) is 5.44. The zero-order valence-electron chi connectivity index (χ0n) is 20.2. The first-order valence-corrected chi connectivity index (χ1v) is 13.4. The smallest absolute Gasteiger partial charge is 0.316 e. The second-order valence-electron chi connectivity index (χ2n) is 9.37. The van der Waals surface area contributed by atoms with E-state index in [-0.39, 0.29) is 30.1 Å². The number of ether oxygens (including phenoxy) is 1. The normalized spacial score (nSPS) is 15.6. The Bertz CT molecular complexity index is 1560. The number of aryl methyl sites for hydroxylation is 1. The first kappa shape index (κ1) is 23.5. The Morgan fingerprint density at radius 3 is 2.54 bits per heavy atom. The molecule has 0 aliphatic heterocycles. The van der Waals surface area contributed by atoms with Gasteiger partial charge in [0.1, 0.15) is 0 Å². The Morgan fingerprint density at radius 2 is 1.65 bits per heavy atom. The van der Waals surface area contributed by atoms with Gasteiger partial charge >= 0.3 is 5.97 Å². The Morgan fingerprint density at radius 1 is 0.865 bits per heavy atom. The third kappa shape index (κ3) is 4.42. The van der Waals surface area contributed by atoms with Crippen molar-refractivity contribution in [3.05, 3.63) is 101 Å². The highest BCUT2D eigenvalue weighted by atomic mass is 32.2. The number of ketones is 1. The van der Waals surface area contributed by atoms with Crippen LogP contribution in [0.4, 0.5) is 0 Å². The third-order valence-electron chi connectivity index (χ3n) is 7.12. The van der Waals surface area contributed by atoms with Crippen LogP contribution in [0.25, 0.3) is 21.9 Å². The van der Waals surface area contributed by atoms with Crippen LogP contribution in [0.2, 0.25) is 0 Å². The maximum absolute atomic E-state index is 13.1. The summed E-state index contributed by atoms with van der Waals surface area (Å²) in [6.45, 7) is -0.298. The van der Waals surface area contributed by atoms with Crippen LogP contribution in [0.1, 0.15) is 45.9 Å². The molecule has 184 valence electrons. The van der Waals surface area contributed by atoms with E-state index in [4.69, 9.17) is 4.74 Å². The molecule has 0 saturated heterocycles. The molecular weight excluding hydrogens is 482 g/mol. The van der Waals surface area contributed by atoms with Crippen molar-refractivity contribution >= 4 is 40.2 Å². The number of hydrogen-bond acceptors (Lipinski definition) is 5. The van der Waals surface area contributed by atoms with Crippen molar-refractivity contribution in [1.29, 1.82) is 0 Å². The highest BCUT2D eigenvalue weighted by Gasteiger charge is 2.26. The molecule has 0 bridgehead atoms. The van der Waals surface area contributed by atoms with Crippen molar-refractivity contribution in [2.45, 2.75) is 30.2 Å². The first-order valence-electron chi connectivity index (χ1n) is 12.5. The van der Waals surface area contributed by atoms with Crippen LogP contribution in [0.5, 0.6) is 0 Å². The van der Waals surface area contributed by atoms with Gasteiger partial charge in [0.25, 0.3) is 5.91 Å². The molecule has 5 nitrogen and oxygen atoms in total. The van der Waals surface area contributed by atoms with Crippen LogP contribution in [0.15, 0.2) is 83.8 Å². The summed E-state index contributed by atoms with van der Waals surface area (Å²) in [6.07, 6.45) is 2.92. The van der Waals surface area contributed by atoms with Gasteiger partial charge in [-0.1, -0.05) is 72.8 Å². The van der Waals surface area contributed by atoms with Crippen LogP contribution in [-0.2, 0) is 20.7 Å². The highest BCUT2D eigenvalue weighted by Crippen LogP contribution is 2.42. The van der Waals surface area contributed by atoms with Gasteiger partial charge in [0.2, 0.25) is 0 Å². The van der Waals surface area contributed by atoms with E-state index in [1.54, 1.807) is 0 Å². The predicted molar refractivity (Wildman–Crippen MR) is 145 cm³/mol. The van der Waals surface area contributed by atoms with Gasteiger partial charge < -0.3 is 10.1 Å². The van der Waals surface area contributed by atoms with Gasteiger partial charge in [0, 0.05) is 21.4 Å². The first-order chi connectivity index (χ1) is 18.1. The molecule has 6 heteroatoms. The number of carbonyl (C=O) groups is 3. The molecule has 0 saturated carbocycles. The number of thioether (sulfide) groups is 1. The van der Waals surface area contributed by atoms with Crippen LogP contribution in [0, 0.1) is 0 Å². The molecule has 2 aliphatic carbocycles. The number of nitrogens with one attached hydrogen (secondary N) is 1. The van der Waals surface area contributed by atoms with Crippen LogP contribution < -0.4 is 5.32 Å². The molecular formula is C31H25NO4S. The lowest BCUT2D eigenvalue weighted by Gasteiger charge is -2.26. The molecule has 6 rings (SSSR count). The summed E-state index contributed by atoms with van der Waals surface area (Å²) in [7, 11) is 0. The van der Waals surface area contributed by atoms with Gasteiger partial charge in [-0.05, 0) is 53.0 Å². The van der Waals surface area contributed by atoms with E-state index in [1.165, 1.54) is 17.3 Å². The maximum atomic E-state index is 13.1. The van der Waals surface area contributed by atoms with Crippen molar-refractivity contribution in [2.24, 2.45) is 0 Å². The van der Waals surface area contributed by atoms with Crippen molar-refractivity contribution < 1.29 is 19.1 Å². The largest absolute Gasteiger partial charge is 0.455 e. The number of rotatable bonds is 6. The van der Waals surface area contributed by atoms with Crippen molar-refractivity contribution in [1.82, 2.24) is 5.32 Å². The van der Waals surface area contributed by atoms with Crippen molar-refractivity contribution in [3.8, 4) is 11.1 Å². The van der Waals surface area contributed by atoms with E-state index in [0.717, 1.165) is 51.6 Å². The molecule has 4 aromatic carbocycles. The number of benzene rings is 4. The standard InChI is InChI=1S/C31H25NO4S/c33-28(32-26-14-5-8-19-7-1-2-9-20(19)26)17-36-29(34)18-37-27-16-15-22-21-10-3-4-11-23(21)31(35)25-13-6-12-24(27)30(22)25/h1-4,6-7,9-13,15-16,26H,5,8,14,17-18H2,(H,32,33)/t26-/m1/s1. The second kappa shape index (κ2) is 9.87. The summed E-state index contributed by atoms with van der Waals surface area (Å²) >= 11 is 1.35. The Labute approximate surface area is 219 Å². The zero-order valence-corrected chi connectivity index (χ0v) is 21.0. The van der Waals surface area contributed by atoms with Crippen LogP contribution >= 0.6 is 11.8 Å². The summed E-state index contributed by atoms with van der Waals surface area (Å²) in [5.74, 6) is -0.658. The van der Waals surface area contributed by atoms with Crippen molar-refractivity contribution in [3.63, 3.8) is 0 Å². The molecule has 0 aromatic heterocycles. The Balaban J connectivity index is 1.11. The van der Waals surface area contributed by atoms with Crippen molar-refractivity contribution in [2.75, 3.05) is 12.4 Å². The van der Waals surface area contributed by atoms with Gasteiger partial charge in [-0.2, -0.15) is 0 Å². The lowest BCUT2D eigenvalue weighted by atomic mass is 9.83. The summed E-state index contributed by atoms with van der Waals surface area (Å²) in [4.78, 5) is 39.0. The molecule has 0 heterocycles. The number of fused-ring (bicyclic) bond motifs is 3. The summed E-state index contributed by atoms with van der Waals surface area (Å²) in [5, 5.41) is 4.86. The second-order valence-corrected chi connectivity index (χ2v) is 10.4. The highest BCUT2D eigenvalue weighted by molar-refractivity contribution is 8.00. The van der Waals surface area contributed by atoms with Crippen LogP contribution in [0.3, 0.4) is 0 Å². The molecule has 0 fully saturated rings. The predicted octanol–water partition coefficient (Wildman–Crippen LogP) is 5.88. The van der Waals surface area contributed by atoms with E-state index in [9.17, 15) is 14.4 Å². The topological polar surface area (TPSA) is 72.5 Å². The zero-order chi connectivity index (χ0) is 25.4. The minimum Gasteiger partial charge on any atom is -0.455 e. The van der Waals surface area contributed by atoms with Gasteiger partial charge in [-0.3, -0.25) is 14.4 Å². The van der Waals surface area contributed by atoms with Gasteiger partial charge in [0.15, 0.2) is 12.4 Å². The summed E-state index contributed by atoms with van der Waals surface area (Å²) in [5.41, 5.74) is 5.75. The average Bonchev–Trinajstić information content (AvgIpc) is 2.94. The number of amides is 1. The maximum Gasteiger partial charge on any atom is 0.316 e. The lowest BCUT2D eigenvalue weighted by molar-refractivity contribution is -0.146. The molecule has 0 unspecified atom stereocenters. The minimum absolute atomic E-state index is 0.0156. The molecule has 0 radical (unpaired) electrons. The number of carbonyl (C=O) groups excluding carboxylic acids is 3. The quantitative estimate of drug-likeness (QED) is 0.230. The fourth-order valence-corrected chi connectivity index (χ4v) is 6.29. The molecule has 1 amide bonds.